The molecule has 0 saturated carbocycles. The molecule has 2 aromatic heterocycles. The number of hydrogen-bond donors (Lipinski definition) is 1. The van der Waals surface area contributed by atoms with Crippen molar-refractivity contribution in [3.63, 3.8) is 0 Å². The summed E-state index contributed by atoms with van der Waals surface area (Å²) in [5.74, 6) is -0.0974. The summed E-state index contributed by atoms with van der Waals surface area (Å²) in [6.07, 6.45) is 11.4. The number of rotatable bonds is 10. The van der Waals surface area contributed by atoms with Crippen LogP contribution in [0.3, 0.4) is 0 Å². The summed E-state index contributed by atoms with van der Waals surface area (Å²) in [6, 6.07) is 5.56. The molecule has 2 aromatic rings. The van der Waals surface area contributed by atoms with Gasteiger partial charge in [-0.2, -0.15) is 0 Å². The van der Waals surface area contributed by atoms with Crippen LogP contribution in [0.2, 0.25) is 0 Å². The summed E-state index contributed by atoms with van der Waals surface area (Å²) in [5.41, 5.74) is 1.84. The van der Waals surface area contributed by atoms with Crippen LogP contribution < -0.4 is 5.32 Å². The van der Waals surface area contributed by atoms with Gasteiger partial charge in [-0.15, -0.1) is 0 Å². The van der Waals surface area contributed by atoms with E-state index in [0.29, 0.717) is 30.2 Å². The molecule has 1 aliphatic rings. The molecule has 1 aliphatic heterocycles. The highest BCUT2D eigenvalue weighted by Gasteiger charge is 2.29. The number of carbonyl (C=O) groups excluding carboxylic acids is 2. The number of imidazole rings is 1. The predicted octanol–water partition coefficient (Wildman–Crippen LogP) is 2.77. The molecule has 0 radical (unpaired) electrons. The maximum absolute atomic E-state index is 12.8. The second kappa shape index (κ2) is 10.7. The molecule has 3 heterocycles. The Hall–Kier alpha value is -2.93. The molecule has 2 amide bonds. The number of pyridine rings is 1. The van der Waals surface area contributed by atoms with Gasteiger partial charge in [0.2, 0.25) is 5.91 Å². The first-order chi connectivity index (χ1) is 14.6. The maximum atomic E-state index is 12.8. The minimum atomic E-state index is -0.150. The molecule has 1 N–H and O–H groups in total. The quantitative estimate of drug-likeness (QED) is 0.483. The van der Waals surface area contributed by atoms with Gasteiger partial charge < -0.3 is 15.0 Å². The minimum absolute atomic E-state index is 0.0523. The Morgan fingerprint density at radius 1 is 1.40 bits per heavy atom. The van der Waals surface area contributed by atoms with Crippen LogP contribution in [0.25, 0.3) is 5.65 Å². The van der Waals surface area contributed by atoms with E-state index in [0.717, 1.165) is 32.2 Å². The number of likely N-dealkylation sites (tertiary alicyclic amines) is 1. The zero-order valence-corrected chi connectivity index (χ0v) is 17.5. The Bertz CT molecular complexity index is 918. The molecule has 7 heteroatoms. The molecular formula is C23H30N4O3. The number of allylic oxidation sites excluding steroid dienone is 3. The van der Waals surface area contributed by atoms with Crippen molar-refractivity contribution in [3.8, 4) is 0 Å². The number of unbranched alkanes of at least 4 members (excludes halogenated alkanes) is 1. The van der Waals surface area contributed by atoms with E-state index in [-0.39, 0.29) is 24.3 Å². The Morgan fingerprint density at radius 3 is 3.07 bits per heavy atom. The first-order valence-corrected chi connectivity index (χ1v) is 10.4. The van der Waals surface area contributed by atoms with Crippen LogP contribution in [0.4, 0.5) is 0 Å². The van der Waals surface area contributed by atoms with Crippen LogP contribution in [0.5, 0.6) is 0 Å². The van der Waals surface area contributed by atoms with Crippen LogP contribution in [-0.4, -0.2) is 58.9 Å². The van der Waals surface area contributed by atoms with E-state index in [1.54, 1.807) is 29.8 Å². The van der Waals surface area contributed by atoms with Crippen molar-refractivity contribution in [1.82, 2.24) is 19.6 Å². The normalized spacial score (nSPS) is 16.4. The van der Waals surface area contributed by atoms with E-state index in [4.69, 9.17) is 4.74 Å². The summed E-state index contributed by atoms with van der Waals surface area (Å²) in [6.45, 7) is 5.54. The lowest BCUT2D eigenvalue weighted by molar-refractivity contribution is -0.132. The number of nitrogens with one attached hydrogen (secondary N) is 1. The van der Waals surface area contributed by atoms with Crippen LogP contribution >= 0.6 is 0 Å². The van der Waals surface area contributed by atoms with E-state index in [1.165, 1.54) is 0 Å². The number of aromatic nitrogens is 2. The van der Waals surface area contributed by atoms with Crippen molar-refractivity contribution < 1.29 is 14.3 Å². The average molecular weight is 411 g/mol. The van der Waals surface area contributed by atoms with Crippen molar-refractivity contribution in [1.29, 1.82) is 0 Å². The maximum Gasteiger partial charge on any atom is 0.268 e. The fraction of sp³-hybridized carbons (Fsp3) is 0.435. The molecule has 1 atom stereocenters. The second-order valence-electron chi connectivity index (χ2n) is 7.45. The largest absolute Gasteiger partial charge is 0.383 e. The fourth-order valence-corrected chi connectivity index (χ4v) is 3.82. The fourth-order valence-electron chi connectivity index (χ4n) is 3.82. The zero-order chi connectivity index (χ0) is 21.3. The molecule has 1 fully saturated rings. The molecule has 0 bridgehead atoms. The summed E-state index contributed by atoms with van der Waals surface area (Å²) in [5, 5.41) is 2.95. The zero-order valence-electron chi connectivity index (χ0n) is 17.5. The summed E-state index contributed by atoms with van der Waals surface area (Å²) in [7, 11) is 1.66. The number of methoxy groups -OCH3 is 1. The molecule has 1 saturated heterocycles. The van der Waals surface area contributed by atoms with Crippen LogP contribution in [0.15, 0.2) is 49.2 Å². The molecule has 0 aromatic carbocycles. The number of nitrogens with zero attached hydrogens (tertiary/aromatic N) is 3. The molecule has 0 aliphatic carbocycles. The minimum Gasteiger partial charge on any atom is -0.383 e. The Labute approximate surface area is 177 Å². The van der Waals surface area contributed by atoms with Crippen molar-refractivity contribution in [3.05, 3.63) is 60.6 Å². The first-order valence-electron chi connectivity index (χ1n) is 10.4. The molecule has 3 rings (SSSR count). The van der Waals surface area contributed by atoms with E-state index >= 15 is 0 Å². The molecule has 7 nitrogen and oxygen atoms in total. The number of hydrogen-bond acceptors (Lipinski definition) is 4. The second-order valence-corrected chi connectivity index (χ2v) is 7.45. The van der Waals surface area contributed by atoms with Gasteiger partial charge in [0.15, 0.2) is 0 Å². The number of fused-ring (bicyclic) bond motifs is 1. The van der Waals surface area contributed by atoms with Crippen LogP contribution in [0.1, 0.15) is 41.9 Å². The summed E-state index contributed by atoms with van der Waals surface area (Å²) < 4.78 is 7.00. The molecular weight excluding hydrogens is 380 g/mol. The molecule has 1 unspecified atom stereocenters. The highest BCUT2D eigenvalue weighted by Crippen LogP contribution is 2.19. The molecule has 160 valence electrons. The topological polar surface area (TPSA) is 75.9 Å². The average Bonchev–Trinajstić information content (AvgIpc) is 3.36. The Morgan fingerprint density at radius 2 is 2.27 bits per heavy atom. The van der Waals surface area contributed by atoms with Gasteiger partial charge in [-0.05, 0) is 37.8 Å². The van der Waals surface area contributed by atoms with Crippen molar-refractivity contribution in [2.45, 2.75) is 38.1 Å². The van der Waals surface area contributed by atoms with E-state index in [1.807, 2.05) is 29.2 Å². The highest BCUT2D eigenvalue weighted by molar-refractivity contribution is 5.93. The van der Waals surface area contributed by atoms with Crippen LogP contribution in [0, 0.1) is 0 Å². The van der Waals surface area contributed by atoms with Gasteiger partial charge in [-0.3, -0.25) is 14.0 Å². The van der Waals surface area contributed by atoms with Gasteiger partial charge in [-0.25, -0.2) is 4.98 Å². The van der Waals surface area contributed by atoms with Gasteiger partial charge >= 0.3 is 0 Å². The number of amides is 2. The van der Waals surface area contributed by atoms with Gasteiger partial charge in [0.05, 0.1) is 24.8 Å². The lowest BCUT2D eigenvalue weighted by atomic mass is 10.2. The standard InChI is InChI=1S/C23H30N4O3/c1-3-4-5-6-7-13-24-23(29)20-11-8-12-21-25-18(16-27(20)21)15-22(28)26-14-9-10-19(26)17-30-2/h3-5,8,11-12,16,19H,1,6-7,9-10,13-15,17H2,2H3,(H,24,29)/b5-4-. The number of carbonyl (C=O) groups is 2. The van der Waals surface area contributed by atoms with Crippen molar-refractivity contribution >= 4 is 17.5 Å². The first kappa shape index (κ1) is 21.8. The highest BCUT2D eigenvalue weighted by atomic mass is 16.5. The summed E-state index contributed by atoms with van der Waals surface area (Å²) in [4.78, 5) is 31.8. The molecule has 30 heavy (non-hydrogen) atoms. The van der Waals surface area contributed by atoms with Gasteiger partial charge in [0, 0.05) is 26.4 Å². The van der Waals surface area contributed by atoms with Gasteiger partial charge in [0.1, 0.15) is 11.3 Å². The lowest BCUT2D eigenvalue weighted by Gasteiger charge is -2.23. The SMILES string of the molecule is C=C/C=C\CCCNC(=O)c1cccc2nc(CC(=O)N3CCCC3COC)cn12. The Balaban J connectivity index is 1.65. The van der Waals surface area contributed by atoms with E-state index < -0.39 is 0 Å². The molecule has 0 spiro atoms. The van der Waals surface area contributed by atoms with Gasteiger partial charge in [-0.1, -0.05) is 30.9 Å². The third kappa shape index (κ3) is 5.36. The third-order valence-corrected chi connectivity index (χ3v) is 5.27. The van der Waals surface area contributed by atoms with Crippen molar-refractivity contribution in [2.24, 2.45) is 0 Å². The van der Waals surface area contributed by atoms with Crippen molar-refractivity contribution in [2.75, 3.05) is 26.8 Å². The smallest absolute Gasteiger partial charge is 0.268 e. The monoisotopic (exact) mass is 410 g/mol. The van der Waals surface area contributed by atoms with Gasteiger partial charge in [0.25, 0.3) is 5.91 Å². The third-order valence-electron chi connectivity index (χ3n) is 5.27. The van der Waals surface area contributed by atoms with E-state index in [2.05, 4.69) is 16.9 Å². The predicted molar refractivity (Wildman–Crippen MR) is 116 cm³/mol. The lowest BCUT2D eigenvalue weighted by Crippen LogP contribution is -2.39. The summed E-state index contributed by atoms with van der Waals surface area (Å²) >= 11 is 0. The van der Waals surface area contributed by atoms with Crippen LogP contribution in [-0.2, 0) is 16.0 Å². The number of ether oxygens (including phenoxy) is 1. The Kier molecular flexibility index (Phi) is 7.79. The van der Waals surface area contributed by atoms with E-state index in [9.17, 15) is 9.59 Å².